The Labute approximate surface area is 104 Å². The Morgan fingerprint density at radius 2 is 1.73 bits per heavy atom. The largest absolute Gasteiger partial charge is 0.375 e. The molecule has 0 unspecified atom stereocenters. The number of nitrogens with two attached hydrogens (primary N) is 1. The first-order valence-corrected chi connectivity index (χ1v) is 5.28. The summed E-state index contributed by atoms with van der Waals surface area (Å²) in [5.41, 5.74) is 9.06. The minimum atomic E-state index is 0. The maximum atomic E-state index is 5.65. The van der Waals surface area contributed by atoms with E-state index in [0.29, 0.717) is 5.13 Å². The molecule has 2 nitrogen and oxygen atoms in total. The van der Waals surface area contributed by atoms with Crippen molar-refractivity contribution in [3.8, 4) is 11.3 Å². The molecule has 0 aliphatic rings. The lowest BCUT2D eigenvalue weighted by molar-refractivity contribution is 1.37. The van der Waals surface area contributed by atoms with Crippen molar-refractivity contribution >= 4 is 33.4 Å². The first kappa shape index (κ1) is 12.2. The average Bonchev–Trinajstić information content (AvgIpc) is 2.47. The quantitative estimate of drug-likeness (QED) is 0.869. The zero-order chi connectivity index (χ0) is 10.1. The van der Waals surface area contributed by atoms with Crippen LogP contribution in [0.5, 0.6) is 0 Å². The van der Waals surface area contributed by atoms with Crippen molar-refractivity contribution in [1.29, 1.82) is 0 Å². The molecule has 2 rings (SSSR count). The number of anilines is 1. The summed E-state index contributed by atoms with van der Waals surface area (Å²) in [5, 5.41) is 0.637. The predicted octanol–water partition coefficient (Wildman–Crippen LogP) is 3.59. The van der Waals surface area contributed by atoms with Gasteiger partial charge in [0.25, 0.3) is 0 Å². The van der Waals surface area contributed by atoms with Gasteiger partial charge in [-0.1, -0.05) is 29.8 Å². The lowest BCUT2D eigenvalue weighted by Crippen LogP contribution is -1.84. The fourth-order valence-corrected chi connectivity index (χ4v) is 2.11. The molecule has 1 aromatic heterocycles. The van der Waals surface area contributed by atoms with Crippen LogP contribution in [0.4, 0.5) is 5.13 Å². The Hall–Kier alpha value is -0.870. The second kappa shape index (κ2) is 4.77. The number of hydrogen-bond acceptors (Lipinski definition) is 3. The molecule has 0 aliphatic heterocycles. The van der Waals surface area contributed by atoms with Gasteiger partial charge in [0.15, 0.2) is 5.13 Å². The highest BCUT2D eigenvalue weighted by molar-refractivity contribution is 8.93. The highest BCUT2D eigenvalue weighted by atomic mass is 79.9. The van der Waals surface area contributed by atoms with Crippen LogP contribution in [-0.2, 0) is 0 Å². The molecule has 0 saturated heterocycles. The van der Waals surface area contributed by atoms with E-state index in [1.165, 1.54) is 21.8 Å². The average molecular weight is 285 g/mol. The number of aryl methyl sites for hydroxylation is 2. The second-order valence-corrected chi connectivity index (χ2v) is 4.56. The third kappa shape index (κ3) is 2.58. The molecule has 0 bridgehead atoms. The van der Waals surface area contributed by atoms with Crippen LogP contribution >= 0.6 is 28.3 Å². The third-order valence-corrected chi connectivity index (χ3v) is 2.94. The summed E-state index contributed by atoms with van der Waals surface area (Å²) in [4.78, 5) is 5.48. The lowest BCUT2D eigenvalue weighted by Gasteiger charge is -1.98. The van der Waals surface area contributed by atoms with Gasteiger partial charge in [0, 0.05) is 10.4 Å². The molecule has 1 heterocycles. The number of halogens is 1. The summed E-state index contributed by atoms with van der Waals surface area (Å²) in [6.45, 7) is 4.12. The Morgan fingerprint density at radius 3 is 2.20 bits per heavy atom. The Bertz CT molecular complexity index is 448. The number of nitrogens with zero attached hydrogens (tertiary/aromatic N) is 1. The van der Waals surface area contributed by atoms with E-state index in [1.807, 2.05) is 6.92 Å². The zero-order valence-electron chi connectivity index (χ0n) is 8.65. The van der Waals surface area contributed by atoms with E-state index in [-0.39, 0.29) is 17.0 Å². The van der Waals surface area contributed by atoms with Crippen molar-refractivity contribution in [2.45, 2.75) is 13.8 Å². The zero-order valence-corrected chi connectivity index (χ0v) is 11.2. The van der Waals surface area contributed by atoms with Gasteiger partial charge in [0.2, 0.25) is 0 Å². The van der Waals surface area contributed by atoms with E-state index in [2.05, 4.69) is 36.2 Å². The molecule has 0 radical (unpaired) electrons. The number of nitrogen functional groups attached to an aromatic ring is 1. The highest BCUT2D eigenvalue weighted by Gasteiger charge is 2.06. The highest BCUT2D eigenvalue weighted by Crippen LogP contribution is 2.28. The van der Waals surface area contributed by atoms with Crippen LogP contribution in [0, 0.1) is 13.8 Å². The molecule has 0 fully saturated rings. The van der Waals surface area contributed by atoms with Crippen molar-refractivity contribution < 1.29 is 0 Å². The monoisotopic (exact) mass is 284 g/mol. The van der Waals surface area contributed by atoms with Gasteiger partial charge >= 0.3 is 0 Å². The van der Waals surface area contributed by atoms with E-state index in [1.54, 1.807) is 0 Å². The van der Waals surface area contributed by atoms with Gasteiger partial charge in [-0.3, -0.25) is 0 Å². The standard InChI is InChI=1S/C11H12N2S.BrH/c1-7-3-5-9(6-4-7)10-8(2)14-11(12)13-10;/h3-6H,1-2H3,(H2,12,13);1H. The maximum Gasteiger partial charge on any atom is 0.180 e. The van der Waals surface area contributed by atoms with Gasteiger partial charge in [-0.25, -0.2) is 4.98 Å². The van der Waals surface area contributed by atoms with Gasteiger partial charge < -0.3 is 5.73 Å². The van der Waals surface area contributed by atoms with Gasteiger partial charge in [-0.2, -0.15) is 0 Å². The second-order valence-electron chi connectivity index (χ2n) is 3.32. The van der Waals surface area contributed by atoms with Gasteiger partial charge in [0.05, 0.1) is 5.69 Å². The fraction of sp³-hybridized carbons (Fsp3) is 0.182. The topological polar surface area (TPSA) is 38.9 Å². The summed E-state index contributed by atoms with van der Waals surface area (Å²) >= 11 is 1.53. The first-order valence-electron chi connectivity index (χ1n) is 4.47. The van der Waals surface area contributed by atoms with Crippen LogP contribution in [0.1, 0.15) is 10.4 Å². The summed E-state index contributed by atoms with van der Waals surface area (Å²) in [5.74, 6) is 0. The van der Waals surface area contributed by atoms with Crippen molar-refractivity contribution in [2.75, 3.05) is 5.73 Å². The van der Waals surface area contributed by atoms with E-state index in [4.69, 9.17) is 5.73 Å². The van der Waals surface area contributed by atoms with Crippen LogP contribution in [0.25, 0.3) is 11.3 Å². The van der Waals surface area contributed by atoms with E-state index in [0.717, 1.165) is 11.3 Å². The van der Waals surface area contributed by atoms with Crippen LogP contribution in [-0.4, -0.2) is 4.98 Å². The molecule has 2 N–H and O–H groups in total. The van der Waals surface area contributed by atoms with Crippen molar-refractivity contribution in [3.05, 3.63) is 34.7 Å². The number of benzene rings is 1. The lowest BCUT2D eigenvalue weighted by atomic mass is 10.1. The van der Waals surface area contributed by atoms with Crippen LogP contribution in [0.3, 0.4) is 0 Å². The molecule has 0 spiro atoms. The summed E-state index contributed by atoms with van der Waals surface area (Å²) in [6, 6.07) is 8.34. The SMILES string of the molecule is Br.Cc1ccc(-c2nc(N)sc2C)cc1. The van der Waals surface area contributed by atoms with Crippen LogP contribution < -0.4 is 5.73 Å². The predicted molar refractivity (Wildman–Crippen MR) is 71.8 cm³/mol. The molecule has 0 atom stereocenters. The molecule has 0 aliphatic carbocycles. The van der Waals surface area contributed by atoms with Gasteiger partial charge in [-0.05, 0) is 13.8 Å². The maximum absolute atomic E-state index is 5.65. The molecular weight excluding hydrogens is 272 g/mol. The molecule has 80 valence electrons. The Morgan fingerprint density at radius 1 is 1.13 bits per heavy atom. The number of aromatic nitrogens is 1. The third-order valence-electron chi connectivity index (χ3n) is 2.14. The van der Waals surface area contributed by atoms with Gasteiger partial charge in [0.1, 0.15) is 0 Å². The van der Waals surface area contributed by atoms with Crippen molar-refractivity contribution in [3.63, 3.8) is 0 Å². The molecular formula is C11H13BrN2S. The molecule has 15 heavy (non-hydrogen) atoms. The summed E-state index contributed by atoms with van der Waals surface area (Å²) in [6.07, 6.45) is 0. The van der Waals surface area contributed by atoms with E-state index >= 15 is 0 Å². The van der Waals surface area contributed by atoms with Crippen LogP contribution in [0.2, 0.25) is 0 Å². The molecule has 2 aromatic rings. The summed E-state index contributed by atoms with van der Waals surface area (Å²) in [7, 11) is 0. The van der Waals surface area contributed by atoms with Crippen LogP contribution in [0.15, 0.2) is 24.3 Å². The Balaban J connectivity index is 0.00000112. The molecule has 0 saturated carbocycles. The van der Waals surface area contributed by atoms with E-state index < -0.39 is 0 Å². The number of thiazole rings is 1. The number of rotatable bonds is 1. The molecule has 1 aromatic carbocycles. The number of hydrogen-bond donors (Lipinski definition) is 1. The molecule has 4 heteroatoms. The minimum Gasteiger partial charge on any atom is -0.375 e. The summed E-state index contributed by atoms with van der Waals surface area (Å²) < 4.78 is 0. The van der Waals surface area contributed by atoms with E-state index in [9.17, 15) is 0 Å². The first-order chi connectivity index (χ1) is 6.66. The minimum absolute atomic E-state index is 0. The van der Waals surface area contributed by atoms with Crippen molar-refractivity contribution in [1.82, 2.24) is 4.98 Å². The Kier molecular flexibility index (Phi) is 3.88. The smallest absolute Gasteiger partial charge is 0.180 e. The van der Waals surface area contributed by atoms with Gasteiger partial charge in [-0.15, -0.1) is 28.3 Å². The normalized spacial score (nSPS) is 9.73. The van der Waals surface area contributed by atoms with Crippen molar-refractivity contribution in [2.24, 2.45) is 0 Å². The molecule has 0 amide bonds. The fourth-order valence-electron chi connectivity index (χ4n) is 1.40.